The zero-order valence-corrected chi connectivity index (χ0v) is 23.5. The Bertz CT molecular complexity index is 1440. The van der Waals surface area contributed by atoms with E-state index in [1.165, 1.54) is 6.33 Å². The topological polar surface area (TPSA) is 133 Å². The summed E-state index contributed by atoms with van der Waals surface area (Å²) in [6, 6.07) is 13.1. The fourth-order valence-electron chi connectivity index (χ4n) is 4.19. The second-order valence-corrected chi connectivity index (χ2v) is 9.65. The van der Waals surface area contributed by atoms with Crippen LogP contribution in [0.4, 0.5) is 23.0 Å². The predicted molar refractivity (Wildman–Crippen MR) is 157 cm³/mol. The van der Waals surface area contributed by atoms with Gasteiger partial charge in [0.2, 0.25) is 0 Å². The zero-order valence-electron chi connectivity index (χ0n) is 23.5. The maximum atomic E-state index is 13.0. The molecule has 4 N–H and O–H groups in total. The summed E-state index contributed by atoms with van der Waals surface area (Å²) in [6.07, 6.45) is 6.13. The van der Waals surface area contributed by atoms with Crippen LogP contribution in [0.1, 0.15) is 47.1 Å². The highest BCUT2D eigenvalue weighted by atomic mass is 16.3. The fourth-order valence-corrected chi connectivity index (χ4v) is 4.19. The van der Waals surface area contributed by atoms with E-state index in [2.05, 4.69) is 37.8 Å². The summed E-state index contributed by atoms with van der Waals surface area (Å²) < 4.78 is 1.73. The number of nitrogens with zero attached hydrogens (tertiary/aromatic N) is 6. The zero-order chi connectivity index (χ0) is 28.5. The van der Waals surface area contributed by atoms with Crippen molar-refractivity contribution in [2.24, 2.45) is 0 Å². The SMILES string of the molecule is CCCCc1cc(C(=O)Nc2ccc(C)c(Nc3cc(CN(C)CCO)nn3-c3cc(NC)ncn3)c2)ccn1. The molecule has 3 heterocycles. The molecule has 0 fully saturated rings. The molecule has 1 amide bonds. The molecule has 4 aromatic rings. The van der Waals surface area contributed by atoms with Gasteiger partial charge < -0.3 is 21.1 Å². The number of unbranched alkanes of at least 4 members (excludes halogenated alkanes) is 1. The van der Waals surface area contributed by atoms with Crippen LogP contribution < -0.4 is 16.0 Å². The third kappa shape index (κ3) is 7.39. The van der Waals surface area contributed by atoms with Crippen LogP contribution in [-0.4, -0.2) is 67.9 Å². The van der Waals surface area contributed by atoms with E-state index in [4.69, 9.17) is 5.10 Å². The van der Waals surface area contributed by atoms with Gasteiger partial charge in [-0.1, -0.05) is 19.4 Å². The minimum Gasteiger partial charge on any atom is -0.395 e. The van der Waals surface area contributed by atoms with Gasteiger partial charge in [0.25, 0.3) is 5.91 Å². The van der Waals surface area contributed by atoms with Gasteiger partial charge in [0.05, 0.1) is 12.3 Å². The van der Waals surface area contributed by atoms with Crippen LogP contribution in [0.3, 0.4) is 0 Å². The molecule has 0 atom stereocenters. The highest BCUT2D eigenvalue weighted by Gasteiger charge is 2.15. The van der Waals surface area contributed by atoms with E-state index >= 15 is 0 Å². The quantitative estimate of drug-likeness (QED) is 0.196. The molecule has 0 aliphatic rings. The number of aliphatic hydroxyl groups excluding tert-OH is 1. The normalized spacial score (nSPS) is 11.1. The molecule has 0 radical (unpaired) electrons. The van der Waals surface area contributed by atoms with E-state index in [9.17, 15) is 9.90 Å². The molecule has 0 saturated carbocycles. The Labute approximate surface area is 234 Å². The summed E-state index contributed by atoms with van der Waals surface area (Å²) in [7, 11) is 3.72. The molecule has 0 aliphatic carbocycles. The first-order valence-electron chi connectivity index (χ1n) is 13.4. The maximum absolute atomic E-state index is 13.0. The Morgan fingerprint density at radius 1 is 1.07 bits per heavy atom. The van der Waals surface area contributed by atoms with Gasteiger partial charge in [-0.15, -0.1) is 0 Å². The number of rotatable bonds is 13. The lowest BCUT2D eigenvalue weighted by Crippen LogP contribution is -2.21. The Hall–Kier alpha value is -4.35. The maximum Gasteiger partial charge on any atom is 0.255 e. The molecule has 3 aromatic heterocycles. The molecule has 0 aliphatic heterocycles. The molecular weight excluding hydrogens is 506 g/mol. The number of aliphatic hydroxyl groups is 1. The van der Waals surface area contributed by atoms with Gasteiger partial charge in [-0.05, 0) is 56.6 Å². The Morgan fingerprint density at radius 2 is 1.93 bits per heavy atom. The Balaban J connectivity index is 1.60. The van der Waals surface area contributed by atoms with Gasteiger partial charge in [-0.25, -0.2) is 9.97 Å². The second kappa shape index (κ2) is 13.6. The summed E-state index contributed by atoms with van der Waals surface area (Å²) in [4.78, 5) is 28.0. The number of amides is 1. The van der Waals surface area contributed by atoms with Crippen molar-refractivity contribution in [3.63, 3.8) is 0 Å². The van der Waals surface area contributed by atoms with Gasteiger partial charge in [0.1, 0.15) is 18.0 Å². The fraction of sp³-hybridized carbons (Fsp3) is 0.345. The summed E-state index contributed by atoms with van der Waals surface area (Å²) in [5, 5.41) is 23.6. The summed E-state index contributed by atoms with van der Waals surface area (Å²) in [6.45, 7) is 5.28. The number of hydrogen-bond donors (Lipinski definition) is 4. The van der Waals surface area contributed by atoms with Crippen molar-refractivity contribution in [3.05, 3.63) is 77.5 Å². The molecule has 0 unspecified atom stereocenters. The van der Waals surface area contributed by atoms with Crippen molar-refractivity contribution < 1.29 is 9.90 Å². The lowest BCUT2D eigenvalue weighted by atomic mass is 10.1. The van der Waals surface area contributed by atoms with Crippen LogP contribution in [0.25, 0.3) is 5.82 Å². The van der Waals surface area contributed by atoms with E-state index in [-0.39, 0.29) is 12.5 Å². The van der Waals surface area contributed by atoms with Crippen LogP contribution in [0, 0.1) is 6.92 Å². The molecule has 40 heavy (non-hydrogen) atoms. The van der Waals surface area contributed by atoms with Crippen molar-refractivity contribution in [1.29, 1.82) is 0 Å². The summed E-state index contributed by atoms with van der Waals surface area (Å²) >= 11 is 0. The Morgan fingerprint density at radius 3 is 2.70 bits per heavy atom. The molecular formula is C29H37N9O2. The number of pyridine rings is 1. The monoisotopic (exact) mass is 543 g/mol. The smallest absolute Gasteiger partial charge is 0.255 e. The molecule has 0 bridgehead atoms. The average Bonchev–Trinajstić information content (AvgIpc) is 3.35. The number of carbonyl (C=O) groups excluding carboxylic acids is 1. The van der Waals surface area contributed by atoms with Gasteiger partial charge in [-0.2, -0.15) is 9.78 Å². The molecule has 210 valence electrons. The average molecular weight is 544 g/mol. The van der Waals surface area contributed by atoms with E-state index in [1.807, 2.05) is 55.3 Å². The van der Waals surface area contributed by atoms with Crippen molar-refractivity contribution in [2.45, 2.75) is 39.7 Å². The number of likely N-dealkylation sites (N-methyl/N-ethyl adjacent to an activating group) is 1. The third-order valence-electron chi connectivity index (χ3n) is 6.42. The second-order valence-electron chi connectivity index (χ2n) is 9.65. The minimum atomic E-state index is -0.185. The van der Waals surface area contributed by atoms with Crippen LogP contribution in [0.5, 0.6) is 0 Å². The minimum absolute atomic E-state index is 0.0665. The highest BCUT2D eigenvalue weighted by molar-refractivity contribution is 6.04. The molecule has 0 spiro atoms. The van der Waals surface area contributed by atoms with Crippen LogP contribution in [-0.2, 0) is 13.0 Å². The number of anilines is 4. The van der Waals surface area contributed by atoms with Crippen molar-refractivity contribution >= 4 is 28.9 Å². The van der Waals surface area contributed by atoms with Gasteiger partial charge in [0.15, 0.2) is 5.82 Å². The van der Waals surface area contributed by atoms with E-state index in [0.717, 1.165) is 41.9 Å². The lowest BCUT2D eigenvalue weighted by Gasteiger charge is -2.14. The number of benzene rings is 1. The van der Waals surface area contributed by atoms with E-state index in [1.54, 1.807) is 24.0 Å². The van der Waals surface area contributed by atoms with Crippen LogP contribution >= 0.6 is 0 Å². The first kappa shape index (κ1) is 28.7. The molecule has 0 saturated heterocycles. The Kier molecular flexibility index (Phi) is 9.76. The van der Waals surface area contributed by atoms with Crippen molar-refractivity contribution in [3.8, 4) is 5.82 Å². The van der Waals surface area contributed by atoms with Gasteiger partial charge >= 0.3 is 0 Å². The number of hydrogen-bond acceptors (Lipinski definition) is 9. The summed E-state index contributed by atoms with van der Waals surface area (Å²) in [5.41, 5.74) is 4.78. The van der Waals surface area contributed by atoms with Crippen molar-refractivity contribution in [1.82, 2.24) is 29.6 Å². The number of carbonyl (C=O) groups is 1. The molecule has 4 rings (SSSR count). The van der Waals surface area contributed by atoms with Crippen molar-refractivity contribution in [2.75, 3.05) is 43.2 Å². The largest absolute Gasteiger partial charge is 0.395 e. The molecule has 1 aromatic carbocycles. The first-order valence-corrected chi connectivity index (χ1v) is 13.4. The molecule has 11 heteroatoms. The van der Waals surface area contributed by atoms with Gasteiger partial charge in [0, 0.05) is 61.1 Å². The summed E-state index contributed by atoms with van der Waals surface area (Å²) in [5.74, 6) is 1.78. The third-order valence-corrected chi connectivity index (χ3v) is 6.42. The van der Waals surface area contributed by atoms with Crippen LogP contribution in [0.2, 0.25) is 0 Å². The molecule has 11 nitrogen and oxygen atoms in total. The highest BCUT2D eigenvalue weighted by Crippen LogP contribution is 2.27. The lowest BCUT2D eigenvalue weighted by molar-refractivity contribution is 0.102. The van der Waals surface area contributed by atoms with E-state index < -0.39 is 0 Å². The standard InChI is InChI=1S/C29H37N9O2/c1-5-6-7-22-14-21(10-11-31-22)29(40)34-23-9-8-20(2)25(15-23)35-28-16-24(18-37(4)12-13-39)36-38(28)27-17-26(30-3)32-19-33-27/h8-11,14-17,19,35,39H,5-7,12-13,18H2,1-4H3,(H,34,40)(H,30,32,33). The van der Waals surface area contributed by atoms with Crippen LogP contribution in [0.15, 0.2) is 55.0 Å². The van der Waals surface area contributed by atoms with Gasteiger partial charge in [-0.3, -0.25) is 14.7 Å². The number of nitrogens with one attached hydrogen (secondary N) is 3. The first-order chi connectivity index (χ1) is 19.4. The number of aromatic nitrogens is 5. The number of aryl methyl sites for hydroxylation is 2. The predicted octanol–water partition coefficient (Wildman–Crippen LogP) is 4.17. The van der Waals surface area contributed by atoms with E-state index in [0.29, 0.717) is 41.8 Å².